The second-order valence-corrected chi connectivity index (χ2v) is 7.38. The van der Waals surface area contributed by atoms with Gasteiger partial charge in [-0.1, -0.05) is 6.08 Å². The summed E-state index contributed by atoms with van der Waals surface area (Å²) in [5.41, 5.74) is -0.537. The summed E-state index contributed by atoms with van der Waals surface area (Å²) in [4.78, 5) is 33.1. The van der Waals surface area contributed by atoms with Crippen molar-refractivity contribution in [2.75, 3.05) is 39.0 Å². The van der Waals surface area contributed by atoms with Gasteiger partial charge in [-0.05, 0) is 27.9 Å². The molecule has 0 atom stereocenters. The highest BCUT2D eigenvalue weighted by Crippen LogP contribution is 2.32. The van der Waals surface area contributed by atoms with Crippen molar-refractivity contribution in [1.82, 2.24) is 14.8 Å². The molecule has 0 radical (unpaired) electrons. The van der Waals surface area contributed by atoms with E-state index in [0.29, 0.717) is 18.2 Å². The van der Waals surface area contributed by atoms with E-state index in [-0.39, 0.29) is 11.8 Å². The number of hydrogen-bond donors (Lipinski definition) is 1. The van der Waals surface area contributed by atoms with Crippen LogP contribution in [-0.2, 0) is 9.59 Å². The van der Waals surface area contributed by atoms with Gasteiger partial charge in [0.25, 0.3) is 0 Å². The molecule has 1 aromatic rings. The number of amides is 2. The minimum absolute atomic E-state index is 0.0442. The predicted molar refractivity (Wildman–Crippen MR) is 87.9 cm³/mol. The zero-order valence-electron chi connectivity index (χ0n) is 13.4. The molecule has 6 nitrogen and oxygen atoms in total. The van der Waals surface area contributed by atoms with Gasteiger partial charge in [0.05, 0.1) is 5.41 Å². The molecule has 2 amide bonds. The summed E-state index contributed by atoms with van der Waals surface area (Å²) in [6.45, 7) is 5.42. The zero-order valence-corrected chi connectivity index (χ0v) is 14.2. The Hall–Kier alpha value is -1.73. The standard InChI is InChI=1S/C15H22N4O2S/c1-11-8-16-14(22-11)17-13(21)15(2)9-19(10-15)12(20)6-5-7-18(3)4/h5-6,8H,7,9-10H2,1-4H3,(H,16,17,21)/b6-5+. The van der Waals surface area contributed by atoms with Gasteiger partial charge in [-0.3, -0.25) is 9.59 Å². The largest absolute Gasteiger partial charge is 0.337 e. The van der Waals surface area contributed by atoms with E-state index < -0.39 is 5.41 Å². The van der Waals surface area contributed by atoms with Crippen LogP contribution in [0.1, 0.15) is 11.8 Å². The van der Waals surface area contributed by atoms with Crippen LogP contribution in [0.3, 0.4) is 0 Å². The van der Waals surface area contributed by atoms with E-state index >= 15 is 0 Å². The third-order valence-electron chi connectivity index (χ3n) is 3.51. The molecule has 0 unspecified atom stereocenters. The highest BCUT2D eigenvalue weighted by molar-refractivity contribution is 7.15. The van der Waals surface area contributed by atoms with E-state index in [1.165, 1.54) is 11.3 Å². The molecule has 0 aliphatic carbocycles. The van der Waals surface area contributed by atoms with Crippen LogP contribution in [-0.4, -0.2) is 60.3 Å². The predicted octanol–water partition coefficient (Wildman–Crippen LogP) is 1.36. The van der Waals surface area contributed by atoms with E-state index in [1.807, 2.05) is 38.9 Å². The molecule has 0 saturated carbocycles. The van der Waals surface area contributed by atoms with Crippen molar-refractivity contribution in [1.29, 1.82) is 0 Å². The van der Waals surface area contributed by atoms with Crippen LogP contribution in [0.4, 0.5) is 5.13 Å². The quantitative estimate of drug-likeness (QED) is 0.831. The fraction of sp³-hybridized carbons (Fsp3) is 0.533. The minimum atomic E-state index is -0.537. The number of likely N-dealkylation sites (tertiary alicyclic amines) is 1. The molecule has 120 valence electrons. The van der Waals surface area contributed by atoms with Gasteiger partial charge in [-0.25, -0.2) is 4.98 Å². The lowest BCUT2D eigenvalue weighted by Crippen LogP contribution is -2.61. The molecule has 22 heavy (non-hydrogen) atoms. The molecular formula is C15H22N4O2S. The van der Waals surface area contributed by atoms with E-state index in [9.17, 15) is 9.59 Å². The average molecular weight is 322 g/mol. The first kappa shape index (κ1) is 16.6. The van der Waals surface area contributed by atoms with E-state index in [4.69, 9.17) is 0 Å². The van der Waals surface area contributed by atoms with Crippen LogP contribution in [0, 0.1) is 12.3 Å². The number of aromatic nitrogens is 1. The minimum Gasteiger partial charge on any atom is -0.337 e. The maximum atomic E-state index is 12.3. The van der Waals surface area contributed by atoms with Gasteiger partial charge in [0.1, 0.15) is 0 Å². The number of nitrogens with zero attached hydrogens (tertiary/aromatic N) is 3. The van der Waals surface area contributed by atoms with Crippen molar-refractivity contribution in [3.8, 4) is 0 Å². The molecular weight excluding hydrogens is 300 g/mol. The smallest absolute Gasteiger partial charge is 0.246 e. The highest BCUT2D eigenvalue weighted by atomic mass is 32.1. The second kappa shape index (κ2) is 6.58. The van der Waals surface area contributed by atoms with Crippen molar-refractivity contribution in [2.24, 2.45) is 5.41 Å². The molecule has 7 heteroatoms. The third kappa shape index (κ3) is 3.92. The topological polar surface area (TPSA) is 65.5 Å². The van der Waals surface area contributed by atoms with Crippen molar-refractivity contribution in [3.05, 3.63) is 23.2 Å². The van der Waals surface area contributed by atoms with Crippen LogP contribution in [0.15, 0.2) is 18.3 Å². The summed E-state index contributed by atoms with van der Waals surface area (Å²) in [7, 11) is 3.89. The van der Waals surface area contributed by atoms with E-state index in [1.54, 1.807) is 17.2 Å². The SMILES string of the molecule is Cc1cnc(NC(=O)C2(C)CN(C(=O)/C=C/CN(C)C)C2)s1. The molecule has 1 aromatic heterocycles. The maximum absolute atomic E-state index is 12.3. The second-order valence-electron chi connectivity index (χ2n) is 6.15. The van der Waals surface area contributed by atoms with Crippen molar-refractivity contribution < 1.29 is 9.59 Å². The first-order chi connectivity index (χ1) is 10.3. The number of nitrogens with one attached hydrogen (secondary N) is 1. The van der Waals surface area contributed by atoms with Gasteiger partial charge in [0.2, 0.25) is 11.8 Å². The third-order valence-corrected chi connectivity index (χ3v) is 4.34. The maximum Gasteiger partial charge on any atom is 0.246 e. The number of anilines is 1. The number of hydrogen-bond acceptors (Lipinski definition) is 5. The number of likely N-dealkylation sites (N-methyl/N-ethyl adjacent to an activating group) is 1. The van der Waals surface area contributed by atoms with Crippen molar-refractivity contribution in [2.45, 2.75) is 13.8 Å². The van der Waals surface area contributed by atoms with Crippen LogP contribution in [0.5, 0.6) is 0 Å². The average Bonchev–Trinajstić information content (AvgIpc) is 2.79. The Kier molecular flexibility index (Phi) is 4.97. The summed E-state index contributed by atoms with van der Waals surface area (Å²) in [5.74, 6) is -0.125. The number of rotatable bonds is 5. The zero-order chi connectivity index (χ0) is 16.3. The van der Waals surface area contributed by atoms with Crippen LogP contribution >= 0.6 is 11.3 Å². The van der Waals surface area contributed by atoms with E-state index in [2.05, 4.69) is 10.3 Å². The van der Waals surface area contributed by atoms with Crippen molar-refractivity contribution >= 4 is 28.3 Å². The fourth-order valence-electron chi connectivity index (χ4n) is 2.23. The van der Waals surface area contributed by atoms with Gasteiger partial charge >= 0.3 is 0 Å². The van der Waals surface area contributed by atoms with Gasteiger partial charge in [-0.2, -0.15) is 0 Å². The summed E-state index contributed by atoms with van der Waals surface area (Å²) in [5, 5.41) is 3.44. The summed E-state index contributed by atoms with van der Waals surface area (Å²) in [6, 6.07) is 0. The molecule has 1 fully saturated rings. The number of aryl methyl sites for hydroxylation is 1. The van der Waals surface area contributed by atoms with Crippen LogP contribution < -0.4 is 5.32 Å². The lowest BCUT2D eigenvalue weighted by molar-refractivity contribution is -0.145. The Morgan fingerprint density at radius 3 is 2.73 bits per heavy atom. The number of carbonyl (C=O) groups is 2. The first-order valence-electron chi connectivity index (χ1n) is 7.14. The molecule has 0 bridgehead atoms. The van der Waals surface area contributed by atoms with Gasteiger partial charge in [0.15, 0.2) is 5.13 Å². The Morgan fingerprint density at radius 2 is 2.18 bits per heavy atom. The highest BCUT2D eigenvalue weighted by Gasteiger charge is 2.46. The summed E-state index contributed by atoms with van der Waals surface area (Å²) in [6.07, 6.45) is 5.13. The fourth-order valence-corrected chi connectivity index (χ4v) is 2.89. The first-order valence-corrected chi connectivity index (χ1v) is 7.96. The molecule has 0 aromatic carbocycles. The molecule has 1 saturated heterocycles. The van der Waals surface area contributed by atoms with Crippen LogP contribution in [0.25, 0.3) is 0 Å². The molecule has 1 aliphatic heterocycles. The Balaban J connectivity index is 1.84. The van der Waals surface area contributed by atoms with Crippen LogP contribution in [0.2, 0.25) is 0 Å². The molecule has 1 aliphatic rings. The molecule has 1 N–H and O–H groups in total. The lowest BCUT2D eigenvalue weighted by Gasteiger charge is -2.46. The normalized spacial score (nSPS) is 16.9. The number of thiazole rings is 1. The molecule has 2 rings (SSSR count). The summed E-state index contributed by atoms with van der Waals surface area (Å²) < 4.78 is 0. The van der Waals surface area contributed by atoms with Crippen molar-refractivity contribution in [3.63, 3.8) is 0 Å². The monoisotopic (exact) mass is 322 g/mol. The lowest BCUT2D eigenvalue weighted by atomic mass is 9.81. The Labute approximate surface area is 134 Å². The van der Waals surface area contributed by atoms with E-state index in [0.717, 1.165) is 11.4 Å². The summed E-state index contributed by atoms with van der Waals surface area (Å²) >= 11 is 1.45. The van der Waals surface area contributed by atoms with Gasteiger partial charge < -0.3 is 15.1 Å². The molecule has 2 heterocycles. The Morgan fingerprint density at radius 1 is 1.50 bits per heavy atom. The van der Waals surface area contributed by atoms with Gasteiger partial charge in [0, 0.05) is 36.8 Å². The Bertz CT molecular complexity index is 588. The van der Waals surface area contributed by atoms with Gasteiger partial charge in [-0.15, -0.1) is 11.3 Å². The number of carbonyl (C=O) groups excluding carboxylic acids is 2. The molecule has 0 spiro atoms.